The third-order valence-corrected chi connectivity index (χ3v) is 9.61. The number of carbonyl (C=O) groups is 2. The smallest absolute Gasteiger partial charge is 0.314 e. The van der Waals surface area contributed by atoms with Crippen molar-refractivity contribution >= 4 is 23.5 Å². The van der Waals surface area contributed by atoms with Crippen LogP contribution in [-0.4, -0.2) is 80.8 Å². The van der Waals surface area contributed by atoms with Gasteiger partial charge in [0.15, 0.2) is 11.5 Å². The Morgan fingerprint density at radius 1 is 0.837 bits per heavy atom. The second-order valence-corrected chi connectivity index (χ2v) is 12.0. The molecule has 2 aliphatic heterocycles. The maximum atomic E-state index is 13.8. The summed E-state index contributed by atoms with van der Waals surface area (Å²) >= 11 is 6.25. The molecule has 5 rings (SSSR count). The minimum atomic E-state index is -0.858. The van der Waals surface area contributed by atoms with E-state index in [9.17, 15) is 14.7 Å². The van der Waals surface area contributed by atoms with Crippen LogP contribution in [0.4, 0.5) is 0 Å². The fourth-order valence-electron chi connectivity index (χ4n) is 6.73. The topological polar surface area (TPSA) is 88.5 Å². The lowest BCUT2D eigenvalue weighted by molar-refractivity contribution is -0.146. The maximum absolute atomic E-state index is 13.8. The average Bonchev–Trinajstić information content (AvgIpc) is 3.49. The number of hydrogen-bond acceptors (Lipinski definition) is 6. The molecule has 43 heavy (non-hydrogen) atoms. The Morgan fingerprint density at radius 2 is 1.47 bits per heavy atom. The predicted octanol–water partition coefficient (Wildman–Crippen LogP) is 5.66. The summed E-state index contributed by atoms with van der Waals surface area (Å²) in [6.45, 7) is 3.37. The van der Waals surface area contributed by atoms with Crippen molar-refractivity contribution in [1.82, 2.24) is 9.80 Å². The summed E-state index contributed by atoms with van der Waals surface area (Å²) in [7, 11) is 4.61. The number of nitrogens with zero attached hydrogens (tertiary/aromatic N) is 2. The second-order valence-electron chi connectivity index (χ2n) is 11.5. The Morgan fingerprint density at radius 3 is 2.02 bits per heavy atom. The fourth-order valence-corrected chi connectivity index (χ4v) is 6.86. The summed E-state index contributed by atoms with van der Waals surface area (Å²) in [5.41, 5.74) is 1.38. The molecule has 0 aliphatic carbocycles. The SMILES string of the molecule is COc1cc(C(=O)N2CCC(CCN3CCC(C(=O)O)(c4ccccc4)CC3)(c3ccc(Cl)cc3)C2)cc(OC)c1OC. The van der Waals surface area contributed by atoms with Gasteiger partial charge in [0.25, 0.3) is 5.91 Å². The molecule has 1 unspecified atom stereocenters. The number of halogens is 1. The molecule has 1 atom stereocenters. The standard InChI is InChI=1S/C34H39ClN2O6/c1-41-28-21-24(22-29(42-2)30(28)43-3)31(38)37-20-14-33(23-37,25-9-11-27(35)12-10-25)13-17-36-18-15-34(16-19-36,32(39)40)26-7-5-4-6-8-26/h4-12,21-22H,13-20,23H2,1-3H3,(H,39,40). The van der Waals surface area contributed by atoms with E-state index >= 15 is 0 Å². The highest BCUT2D eigenvalue weighted by atomic mass is 35.5. The molecule has 2 aliphatic rings. The Kier molecular flexibility index (Phi) is 9.18. The van der Waals surface area contributed by atoms with Gasteiger partial charge >= 0.3 is 5.97 Å². The van der Waals surface area contributed by atoms with E-state index in [4.69, 9.17) is 25.8 Å². The monoisotopic (exact) mass is 606 g/mol. The molecule has 1 amide bonds. The number of amides is 1. The quantitative estimate of drug-likeness (QED) is 0.319. The normalized spacial score (nSPS) is 20.0. The molecular formula is C34H39ClN2O6. The van der Waals surface area contributed by atoms with E-state index in [2.05, 4.69) is 17.0 Å². The predicted molar refractivity (Wildman–Crippen MR) is 166 cm³/mol. The molecule has 228 valence electrons. The first-order chi connectivity index (χ1) is 20.7. The van der Waals surface area contributed by atoms with E-state index in [1.54, 1.807) is 12.1 Å². The summed E-state index contributed by atoms with van der Waals surface area (Å²) in [5.74, 6) is 0.465. The number of aliphatic carboxylic acids is 1. The Hall–Kier alpha value is -3.75. The molecule has 0 aromatic heterocycles. The summed E-state index contributed by atoms with van der Waals surface area (Å²) in [5, 5.41) is 10.9. The van der Waals surface area contributed by atoms with Gasteiger partial charge in [-0.2, -0.15) is 0 Å². The largest absolute Gasteiger partial charge is 0.493 e. The van der Waals surface area contributed by atoms with Crippen molar-refractivity contribution in [3.63, 3.8) is 0 Å². The molecule has 2 heterocycles. The molecule has 2 saturated heterocycles. The van der Waals surface area contributed by atoms with E-state index in [-0.39, 0.29) is 11.3 Å². The van der Waals surface area contributed by atoms with Crippen LogP contribution in [0.25, 0.3) is 0 Å². The minimum absolute atomic E-state index is 0.0952. The third kappa shape index (κ3) is 6.04. The molecular weight excluding hydrogens is 568 g/mol. The number of ether oxygens (including phenoxy) is 3. The van der Waals surface area contributed by atoms with E-state index in [0.29, 0.717) is 66.9 Å². The first kappa shape index (κ1) is 30.7. The van der Waals surface area contributed by atoms with Gasteiger partial charge in [-0.25, -0.2) is 0 Å². The summed E-state index contributed by atoms with van der Waals surface area (Å²) in [6.07, 6.45) is 2.76. The zero-order chi connectivity index (χ0) is 30.6. The lowest BCUT2D eigenvalue weighted by Gasteiger charge is -2.40. The van der Waals surface area contributed by atoms with Crippen molar-refractivity contribution in [3.05, 3.63) is 88.4 Å². The highest BCUT2D eigenvalue weighted by Crippen LogP contribution is 2.42. The number of hydrogen-bond donors (Lipinski definition) is 1. The minimum Gasteiger partial charge on any atom is -0.493 e. The number of rotatable bonds is 10. The zero-order valence-electron chi connectivity index (χ0n) is 25.0. The molecule has 0 saturated carbocycles. The molecule has 3 aromatic carbocycles. The molecule has 0 bridgehead atoms. The molecule has 2 fully saturated rings. The van der Waals surface area contributed by atoms with Crippen LogP contribution in [0, 0.1) is 0 Å². The Bertz CT molecular complexity index is 1410. The highest BCUT2D eigenvalue weighted by molar-refractivity contribution is 6.30. The van der Waals surface area contributed by atoms with Gasteiger partial charge in [-0.1, -0.05) is 54.1 Å². The fraction of sp³-hybridized carbons (Fsp3) is 0.412. The maximum Gasteiger partial charge on any atom is 0.314 e. The van der Waals surface area contributed by atoms with Crippen LogP contribution in [0.3, 0.4) is 0 Å². The van der Waals surface area contributed by atoms with Crippen molar-refractivity contribution in [1.29, 1.82) is 0 Å². The summed E-state index contributed by atoms with van der Waals surface area (Å²) in [4.78, 5) is 30.5. The van der Waals surface area contributed by atoms with Gasteiger partial charge in [0.05, 0.1) is 26.7 Å². The van der Waals surface area contributed by atoms with E-state index < -0.39 is 11.4 Å². The average molecular weight is 607 g/mol. The van der Waals surface area contributed by atoms with Gasteiger partial charge in [0.2, 0.25) is 5.75 Å². The first-order valence-electron chi connectivity index (χ1n) is 14.6. The molecule has 1 N–H and O–H groups in total. The van der Waals surface area contributed by atoms with Crippen molar-refractivity contribution < 1.29 is 28.9 Å². The van der Waals surface area contributed by atoms with Crippen molar-refractivity contribution in [2.75, 3.05) is 54.1 Å². The van der Waals surface area contributed by atoms with Crippen molar-refractivity contribution in [2.24, 2.45) is 0 Å². The van der Waals surface area contributed by atoms with Gasteiger partial charge < -0.3 is 29.1 Å². The Labute approximate surface area is 258 Å². The molecule has 9 heteroatoms. The van der Waals surface area contributed by atoms with Crippen LogP contribution in [0.15, 0.2) is 66.7 Å². The third-order valence-electron chi connectivity index (χ3n) is 9.36. The molecule has 0 spiro atoms. The highest BCUT2D eigenvalue weighted by Gasteiger charge is 2.45. The second kappa shape index (κ2) is 12.9. The van der Waals surface area contributed by atoms with Crippen LogP contribution >= 0.6 is 11.6 Å². The number of piperidine rings is 1. The summed E-state index contributed by atoms with van der Waals surface area (Å²) in [6, 6.07) is 20.9. The van der Waals surface area contributed by atoms with E-state index in [1.807, 2.05) is 47.4 Å². The van der Waals surface area contributed by atoms with Crippen LogP contribution in [0.2, 0.25) is 5.02 Å². The number of methoxy groups -OCH3 is 3. The van der Waals surface area contributed by atoms with Crippen LogP contribution in [-0.2, 0) is 15.6 Å². The number of benzene rings is 3. The molecule has 3 aromatic rings. The number of carboxylic acids is 1. The van der Waals surface area contributed by atoms with Crippen LogP contribution < -0.4 is 14.2 Å². The van der Waals surface area contributed by atoms with E-state index in [0.717, 1.165) is 30.5 Å². The zero-order valence-corrected chi connectivity index (χ0v) is 25.7. The number of carboxylic acid groups (broad SMARTS) is 1. The van der Waals surface area contributed by atoms with Gasteiger partial charge in [-0.15, -0.1) is 0 Å². The van der Waals surface area contributed by atoms with Gasteiger partial charge in [0, 0.05) is 29.1 Å². The lowest BCUT2D eigenvalue weighted by atomic mass is 9.72. The number of likely N-dealkylation sites (tertiary alicyclic amines) is 2. The Balaban J connectivity index is 1.34. The van der Waals surface area contributed by atoms with Crippen molar-refractivity contribution in [2.45, 2.75) is 36.5 Å². The van der Waals surface area contributed by atoms with E-state index in [1.165, 1.54) is 21.3 Å². The van der Waals surface area contributed by atoms with Crippen molar-refractivity contribution in [3.8, 4) is 17.2 Å². The summed E-state index contributed by atoms with van der Waals surface area (Å²) < 4.78 is 16.4. The first-order valence-corrected chi connectivity index (χ1v) is 15.0. The van der Waals surface area contributed by atoms with Crippen LogP contribution in [0.1, 0.15) is 47.2 Å². The van der Waals surface area contributed by atoms with Gasteiger partial charge in [-0.05, 0) is 80.7 Å². The van der Waals surface area contributed by atoms with Gasteiger partial charge in [-0.3, -0.25) is 9.59 Å². The van der Waals surface area contributed by atoms with Crippen LogP contribution in [0.5, 0.6) is 17.2 Å². The lowest BCUT2D eigenvalue weighted by Crippen LogP contribution is -2.48. The van der Waals surface area contributed by atoms with Gasteiger partial charge in [0.1, 0.15) is 0 Å². The molecule has 8 nitrogen and oxygen atoms in total. The number of carbonyl (C=O) groups excluding carboxylic acids is 1. The molecule has 0 radical (unpaired) electrons.